The summed E-state index contributed by atoms with van der Waals surface area (Å²) in [4.78, 5) is 30.8. The number of fused-ring (bicyclic) bond motifs is 1. The molecule has 2 amide bonds. The minimum absolute atomic E-state index is 0.0417. The van der Waals surface area contributed by atoms with Crippen molar-refractivity contribution in [2.24, 2.45) is 16.8 Å². The maximum atomic E-state index is 12.8. The number of urea groups is 1. The molecule has 2 N–H and O–H groups in total. The van der Waals surface area contributed by atoms with Crippen LogP contribution in [0.5, 0.6) is 0 Å². The van der Waals surface area contributed by atoms with Crippen molar-refractivity contribution in [3.63, 3.8) is 0 Å². The standard InChI is InChI=1S/C24H27N3O3/c28-23(29)15-18-11-13-27(24(30)26-20-7-2-1-3-8-20)16-19(18)14-22-21-9-5-4-6-17(21)10-12-25-22/h1-9,18-19H,10-16H2,(H,26,30)(H,28,29)/t18-,19-/m0/s1. The number of nitrogens with one attached hydrogen (secondary N) is 1. The molecular weight excluding hydrogens is 378 g/mol. The number of aliphatic carboxylic acids is 1. The van der Waals surface area contributed by atoms with E-state index in [9.17, 15) is 14.7 Å². The summed E-state index contributed by atoms with van der Waals surface area (Å²) >= 11 is 0. The van der Waals surface area contributed by atoms with Crippen molar-refractivity contribution in [1.82, 2.24) is 4.90 Å². The summed E-state index contributed by atoms with van der Waals surface area (Å²) in [6.45, 7) is 1.87. The van der Waals surface area contributed by atoms with Crippen molar-refractivity contribution in [2.45, 2.75) is 25.7 Å². The number of carbonyl (C=O) groups is 2. The number of para-hydroxylation sites is 1. The Hall–Kier alpha value is -3.15. The Morgan fingerprint density at radius 3 is 2.63 bits per heavy atom. The first-order valence-electron chi connectivity index (χ1n) is 10.5. The first-order chi connectivity index (χ1) is 14.6. The van der Waals surface area contributed by atoms with E-state index in [0.29, 0.717) is 25.9 Å². The van der Waals surface area contributed by atoms with Crippen LogP contribution in [0.1, 0.15) is 30.4 Å². The van der Waals surface area contributed by atoms with Crippen LogP contribution in [-0.4, -0.2) is 47.4 Å². The summed E-state index contributed by atoms with van der Waals surface area (Å²) in [5.41, 5.74) is 4.27. The summed E-state index contributed by atoms with van der Waals surface area (Å²) in [6, 6.07) is 17.6. The number of hydrogen-bond acceptors (Lipinski definition) is 3. The lowest BCUT2D eigenvalue weighted by atomic mass is 9.78. The predicted octanol–water partition coefficient (Wildman–Crippen LogP) is 4.07. The van der Waals surface area contributed by atoms with Crippen molar-refractivity contribution >= 4 is 23.4 Å². The number of amides is 2. The van der Waals surface area contributed by atoms with Gasteiger partial charge in [-0.25, -0.2) is 4.79 Å². The van der Waals surface area contributed by atoms with Crippen LogP contribution in [0, 0.1) is 11.8 Å². The van der Waals surface area contributed by atoms with Gasteiger partial charge in [-0.1, -0.05) is 42.5 Å². The Morgan fingerprint density at radius 1 is 1.07 bits per heavy atom. The maximum Gasteiger partial charge on any atom is 0.321 e. The van der Waals surface area contributed by atoms with Crippen molar-refractivity contribution in [3.05, 3.63) is 65.7 Å². The molecule has 1 fully saturated rings. The van der Waals surface area contributed by atoms with Crippen LogP contribution in [-0.2, 0) is 11.2 Å². The van der Waals surface area contributed by atoms with Gasteiger partial charge in [0.1, 0.15) is 0 Å². The molecule has 6 nitrogen and oxygen atoms in total. The molecule has 0 aliphatic carbocycles. The van der Waals surface area contributed by atoms with E-state index in [4.69, 9.17) is 4.99 Å². The third kappa shape index (κ3) is 4.70. The molecule has 0 saturated carbocycles. The number of carbonyl (C=O) groups excluding carboxylic acids is 1. The zero-order valence-corrected chi connectivity index (χ0v) is 17.0. The van der Waals surface area contributed by atoms with Crippen LogP contribution < -0.4 is 5.32 Å². The fraction of sp³-hybridized carbons (Fsp3) is 0.375. The Kier molecular flexibility index (Phi) is 6.12. The number of nitrogens with zero attached hydrogens (tertiary/aromatic N) is 2. The number of carboxylic acid groups (broad SMARTS) is 1. The Labute approximate surface area is 176 Å². The van der Waals surface area contributed by atoms with Gasteiger partial charge in [0.15, 0.2) is 0 Å². The summed E-state index contributed by atoms with van der Waals surface area (Å²) in [5.74, 6) is -0.667. The molecule has 0 aromatic heterocycles. The number of aliphatic imine (C=N–C) groups is 1. The summed E-state index contributed by atoms with van der Waals surface area (Å²) in [6.07, 6.45) is 2.46. The van der Waals surface area contributed by atoms with E-state index in [1.807, 2.05) is 47.4 Å². The Balaban J connectivity index is 1.49. The quantitative estimate of drug-likeness (QED) is 0.787. The summed E-state index contributed by atoms with van der Waals surface area (Å²) in [7, 11) is 0. The highest BCUT2D eigenvalue weighted by atomic mass is 16.4. The van der Waals surface area contributed by atoms with Crippen LogP contribution in [0.4, 0.5) is 10.5 Å². The molecule has 156 valence electrons. The van der Waals surface area contributed by atoms with Gasteiger partial charge < -0.3 is 15.3 Å². The van der Waals surface area contributed by atoms with Crippen molar-refractivity contribution in [1.29, 1.82) is 0 Å². The monoisotopic (exact) mass is 405 g/mol. The van der Waals surface area contributed by atoms with E-state index in [2.05, 4.69) is 17.4 Å². The smallest absolute Gasteiger partial charge is 0.321 e. The molecule has 2 atom stereocenters. The van der Waals surface area contributed by atoms with Gasteiger partial charge in [-0.3, -0.25) is 9.79 Å². The molecule has 30 heavy (non-hydrogen) atoms. The number of piperidine rings is 1. The minimum Gasteiger partial charge on any atom is -0.481 e. The van der Waals surface area contributed by atoms with E-state index in [1.165, 1.54) is 11.1 Å². The van der Waals surface area contributed by atoms with E-state index in [-0.39, 0.29) is 24.3 Å². The number of hydrogen-bond donors (Lipinski definition) is 2. The average Bonchev–Trinajstić information content (AvgIpc) is 2.75. The van der Waals surface area contributed by atoms with Crippen LogP contribution in [0.25, 0.3) is 0 Å². The number of benzene rings is 2. The molecule has 0 bridgehead atoms. The van der Waals surface area contributed by atoms with Gasteiger partial charge >= 0.3 is 12.0 Å². The zero-order chi connectivity index (χ0) is 20.9. The molecule has 0 unspecified atom stereocenters. The molecule has 2 aromatic carbocycles. The van der Waals surface area contributed by atoms with Gasteiger partial charge in [-0.15, -0.1) is 0 Å². The Bertz CT molecular complexity index is 942. The maximum absolute atomic E-state index is 12.8. The highest BCUT2D eigenvalue weighted by molar-refractivity contribution is 6.02. The van der Waals surface area contributed by atoms with E-state index in [1.54, 1.807) is 0 Å². The second kappa shape index (κ2) is 9.11. The number of carboxylic acids is 1. The number of rotatable bonds is 5. The first-order valence-corrected chi connectivity index (χ1v) is 10.5. The third-order valence-corrected chi connectivity index (χ3v) is 6.11. The van der Waals surface area contributed by atoms with Crippen LogP contribution in [0.2, 0.25) is 0 Å². The van der Waals surface area contributed by atoms with Crippen LogP contribution in [0.15, 0.2) is 59.6 Å². The molecule has 4 rings (SSSR count). The lowest BCUT2D eigenvalue weighted by molar-refractivity contribution is -0.138. The van der Waals surface area contributed by atoms with Gasteiger partial charge in [0.2, 0.25) is 0 Å². The van der Waals surface area contributed by atoms with Crippen molar-refractivity contribution in [2.75, 3.05) is 25.0 Å². The molecule has 2 aliphatic rings. The topological polar surface area (TPSA) is 82.0 Å². The molecule has 6 heteroatoms. The summed E-state index contributed by atoms with van der Waals surface area (Å²) in [5, 5.41) is 12.3. The van der Waals surface area contributed by atoms with Gasteiger partial charge in [0.05, 0.1) is 0 Å². The molecule has 1 saturated heterocycles. The second-order valence-corrected chi connectivity index (χ2v) is 8.09. The fourth-order valence-electron chi connectivity index (χ4n) is 4.55. The highest BCUT2D eigenvalue weighted by Gasteiger charge is 2.34. The summed E-state index contributed by atoms with van der Waals surface area (Å²) < 4.78 is 0. The fourth-order valence-corrected chi connectivity index (χ4v) is 4.55. The largest absolute Gasteiger partial charge is 0.481 e. The number of anilines is 1. The van der Waals surface area contributed by atoms with E-state index < -0.39 is 5.97 Å². The van der Waals surface area contributed by atoms with Crippen LogP contribution >= 0.6 is 0 Å². The number of likely N-dealkylation sites (tertiary alicyclic amines) is 1. The molecule has 0 radical (unpaired) electrons. The van der Waals surface area contributed by atoms with E-state index in [0.717, 1.165) is 24.4 Å². The lowest BCUT2D eigenvalue weighted by Gasteiger charge is -2.38. The van der Waals surface area contributed by atoms with Gasteiger partial charge in [0.25, 0.3) is 0 Å². The van der Waals surface area contributed by atoms with Crippen LogP contribution in [0.3, 0.4) is 0 Å². The first kappa shape index (κ1) is 20.1. The predicted molar refractivity (Wildman–Crippen MR) is 117 cm³/mol. The highest BCUT2D eigenvalue weighted by Crippen LogP contribution is 2.32. The normalized spacial score (nSPS) is 20.8. The third-order valence-electron chi connectivity index (χ3n) is 6.11. The molecule has 0 spiro atoms. The van der Waals surface area contributed by atoms with Gasteiger partial charge in [-0.2, -0.15) is 0 Å². The molecular formula is C24H27N3O3. The minimum atomic E-state index is -0.779. The average molecular weight is 405 g/mol. The molecule has 2 heterocycles. The molecule has 2 aromatic rings. The van der Waals surface area contributed by atoms with Crippen molar-refractivity contribution in [3.8, 4) is 0 Å². The van der Waals surface area contributed by atoms with Gasteiger partial charge in [0, 0.05) is 37.5 Å². The van der Waals surface area contributed by atoms with E-state index >= 15 is 0 Å². The zero-order valence-electron chi connectivity index (χ0n) is 17.0. The van der Waals surface area contributed by atoms with Gasteiger partial charge in [-0.05, 0) is 54.4 Å². The molecule has 2 aliphatic heterocycles. The lowest BCUT2D eigenvalue weighted by Crippen LogP contribution is -2.46. The Morgan fingerprint density at radius 2 is 1.83 bits per heavy atom. The second-order valence-electron chi connectivity index (χ2n) is 8.09. The van der Waals surface area contributed by atoms with Crippen molar-refractivity contribution < 1.29 is 14.7 Å². The SMILES string of the molecule is O=C(O)C[C@@H]1CCN(C(=O)Nc2ccccc2)C[C@@H]1CC1=NCCc2ccccc21.